The van der Waals surface area contributed by atoms with Gasteiger partial charge in [0.25, 0.3) is 0 Å². The highest BCUT2D eigenvalue weighted by Crippen LogP contribution is 2.31. The topological polar surface area (TPSA) is 27.7 Å². The van der Waals surface area contributed by atoms with Crippen molar-refractivity contribution in [3.8, 4) is 0 Å². The summed E-state index contributed by atoms with van der Waals surface area (Å²) >= 11 is 2.34. The number of methoxy groups -OCH3 is 1. The van der Waals surface area contributed by atoms with Gasteiger partial charge in [-0.05, 0) is 5.56 Å². The molecule has 4 atom stereocenters. The van der Waals surface area contributed by atoms with Gasteiger partial charge in [-0.3, -0.25) is 0 Å². The van der Waals surface area contributed by atoms with Crippen LogP contribution >= 0.6 is 22.6 Å². The van der Waals surface area contributed by atoms with Gasteiger partial charge < -0.3 is 14.2 Å². The fourth-order valence-corrected chi connectivity index (χ4v) is 3.21. The number of benzene rings is 1. The van der Waals surface area contributed by atoms with E-state index in [0.717, 1.165) is 4.43 Å². The van der Waals surface area contributed by atoms with Crippen LogP contribution in [0, 0.1) is 5.92 Å². The van der Waals surface area contributed by atoms with Gasteiger partial charge in [-0.15, -0.1) is 0 Å². The van der Waals surface area contributed by atoms with Crippen molar-refractivity contribution in [2.45, 2.75) is 32.0 Å². The van der Waals surface area contributed by atoms with Crippen LogP contribution in [0.15, 0.2) is 30.3 Å². The molecule has 1 unspecified atom stereocenters. The summed E-state index contributed by atoms with van der Waals surface area (Å²) in [5, 5.41) is 0. The summed E-state index contributed by atoms with van der Waals surface area (Å²) in [4.78, 5) is 0. The molecule has 1 aromatic rings. The van der Waals surface area contributed by atoms with Crippen LogP contribution in [0.4, 0.5) is 0 Å². The van der Waals surface area contributed by atoms with Crippen LogP contribution < -0.4 is 0 Å². The molecule has 1 saturated heterocycles. The standard InChI is InChI=1S/C14H19IO3/c1-10-12(8-15)18-14(16-2)13(10)17-9-11-6-4-3-5-7-11/h3-7,10,12-14H,8-9H2,1-2H3/t10-,12+,13+,14?/m0/s1. The highest BCUT2D eigenvalue weighted by molar-refractivity contribution is 14.1. The molecule has 0 amide bonds. The van der Waals surface area contributed by atoms with Gasteiger partial charge in [0.15, 0.2) is 6.29 Å². The number of hydrogen-bond acceptors (Lipinski definition) is 3. The van der Waals surface area contributed by atoms with E-state index in [-0.39, 0.29) is 18.5 Å². The van der Waals surface area contributed by atoms with E-state index in [2.05, 4.69) is 41.6 Å². The summed E-state index contributed by atoms with van der Waals surface area (Å²) in [7, 11) is 1.67. The van der Waals surface area contributed by atoms with Crippen molar-refractivity contribution in [1.82, 2.24) is 0 Å². The Balaban J connectivity index is 1.95. The minimum Gasteiger partial charge on any atom is -0.368 e. The van der Waals surface area contributed by atoms with Crippen molar-refractivity contribution >= 4 is 22.6 Å². The maximum absolute atomic E-state index is 5.98. The van der Waals surface area contributed by atoms with Gasteiger partial charge >= 0.3 is 0 Å². The second kappa shape index (κ2) is 6.84. The van der Waals surface area contributed by atoms with Gasteiger partial charge in [-0.1, -0.05) is 59.8 Å². The van der Waals surface area contributed by atoms with Gasteiger partial charge in [0.2, 0.25) is 0 Å². The maximum Gasteiger partial charge on any atom is 0.184 e. The van der Waals surface area contributed by atoms with Gasteiger partial charge in [0, 0.05) is 17.5 Å². The van der Waals surface area contributed by atoms with Crippen molar-refractivity contribution in [3.05, 3.63) is 35.9 Å². The lowest BCUT2D eigenvalue weighted by atomic mass is 10.0. The quantitative estimate of drug-likeness (QED) is 0.595. The minimum atomic E-state index is -0.247. The van der Waals surface area contributed by atoms with E-state index in [0.29, 0.717) is 12.5 Å². The first-order valence-electron chi connectivity index (χ1n) is 6.16. The van der Waals surface area contributed by atoms with Gasteiger partial charge in [-0.25, -0.2) is 0 Å². The number of halogens is 1. The molecule has 0 bridgehead atoms. The molecule has 1 heterocycles. The van der Waals surface area contributed by atoms with Crippen LogP contribution in [0.25, 0.3) is 0 Å². The Morgan fingerprint density at radius 1 is 1.28 bits per heavy atom. The summed E-state index contributed by atoms with van der Waals surface area (Å²) in [6, 6.07) is 10.2. The molecule has 1 aliphatic rings. The minimum absolute atomic E-state index is 0.00923. The summed E-state index contributed by atoms with van der Waals surface area (Å²) in [5.41, 5.74) is 1.18. The molecule has 4 heteroatoms. The average molecular weight is 362 g/mol. The van der Waals surface area contributed by atoms with E-state index in [9.17, 15) is 0 Å². The molecule has 1 aliphatic heterocycles. The zero-order chi connectivity index (χ0) is 13.0. The summed E-state index contributed by atoms with van der Waals surface area (Å²) in [6.07, 6.45) is -0.0187. The predicted octanol–water partition coefficient (Wildman–Crippen LogP) is 3.01. The van der Waals surface area contributed by atoms with Crippen LogP contribution in [0.3, 0.4) is 0 Å². The number of hydrogen-bond donors (Lipinski definition) is 0. The Morgan fingerprint density at radius 3 is 2.61 bits per heavy atom. The lowest BCUT2D eigenvalue weighted by molar-refractivity contribution is -0.161. The van der Waals surface area contributed by atoms with Gasteiger partial charge in [0.1, 0.15) is 6.10 Å². The Hall–Kier alpha value is -0.170. The Kier molecular flexibility index (Phi) is 5.41. The molecule has 0 spiro atoms. The molecule has 1 fully saturated rings. The first-order valence-corrected chi connectivity index (χ1v) is 7.68. The highest BCUT2D eigenvalue weighted by atomic mass is 127. The Bertz CT molecular complexity index is 355. The normalized spacial score (nSPS) is 31.7. The highest BCUT2D eigenvalue weighted by Gasteiger charge is 2.42. The van der Waals surface area contributed by atoms with Crippen LogP contribution in [-0.4, -0.2) is 30.0 Å². The molecule has 0 radical (unpaired) electrons. The van der Waals surface area contributed by atoms with Gasteiger partial charge in [0.05, 0.1) is 12.7 Å². The molecule has 0 aliphatic carbocycles. The van der Waals surface area contributed by atoms with E-state index in [1.807, 2.05) is 18.2 Å². The monoisotopic (exact) mass is 362 g/mol. The zero-order valence-corrected chi connectivity index (χ0v) is 12.9. The molecule has 0 aromatic heterocycles. The van der Waals surface area contributed by atoms with Crippen molar-refractivity contribution in [3.63, 3.8) is 0 Å². The third kappa shape index (κ3) is 3.23. The lowest BCUT2D eigenvalue weighted by Crippen LogP contribution is -2.30. The predicted molar refractivity (Wildman–Crippen MR) is 78.7 cm³/mol. The molecule has 1 aromatic carbocycles. The third-order valence-electron chi connectivity index (χ3n) is 3.35. The number of alkyl halides is 1. The number of rotatable bonds is 5. The van der Waals surface area contributed by atoms with Crippen molar-refractivity contribution in [2.24, 2.45) is 5.92 Å². The van der Waals surface area contributed by atoms with E-state index in [4.69, 9.17) is 14.2 Å². The summed E-state index contributed by atoms with van der Waals surface area (Å²) < 4.78 is 18.1. The van der Waals surface area contributed by atoms with Crippen LogP contribution in [0.1, 0.15) is 12.5 Å². The molecule has 18 heavy (non-hydrogen) atoms. The van der Waals surface area contributed by atoms with Crippen molar-refractivity contribution < 1.29 is 14.2 Å². The molecule has 2 rings (SSSR count). The van der Waals surface area contributed by atoms with E-state index >= 15 is 0 Å². The SMILES string of the molecule is COC1O[C@H](CI)[C@H](C)[C@H]1OCc1ccccc1. The summed E-state index contributed by atoms with van der Waals surface area (Å²) in [5.74, 6) is 0.357. The molecular weight excluding hydrogens is 343 g/mol. The molecule has 3 nitrogen and oxygen atoms in total. The van der Waals surface area contributed by atoms with E-state index in [1.54, 1.807) is 7.11 Å². The Labute approximate surface area is 122 Å². The van der Waals surface area contributed by atoms with Crippen LogP contribution in [0.2, 0.25) is 0 Å². The molecule has 0 saturated carbocycles. The zero-order valence-electron chi connectivity index (χ0n) is 10.7. The first-order chi connectivity index (χ1) is 8.76. The second-order valence-corrected chi connectivity index (χ2v) is 5.43. The first kappa shape index (κ1) is 14.2. The summed E-state index contributed by atoms with van der Waals surface area (Å²) in [6.45, 7) is 2.77. The fourth-order valence-electron chi connectivity index (χ4n) is 2.20. The third-order valence-corrected chi connectivity index (χ3v) is 4.22. The van der Waals surface area contributed by atoms with Crippen LogP contribution in [0.5, 0.6) is 0 Å². The van der Waals surface area contributed by atoms with E-state index in [1.165, 1.54) is 5.56 Å². The van der Waals surface area contributed by atoms with Crippen molar-refractivity contribution in [2.75, 3.05) is 11.5 Å². The number of ether oxygens (including phenoxy) is 3. The second-order valence-electron chi connectivity index (χ2n) is 4.55. The van der Waals surface area contributed by atoms with Crippen LogP contribution in [-0.2, 0) is 20.8 Å². The van der Waals surface area contributed by atoms with E-state index < -0.39 is 0 Å². The Morgan fingerprint density at radius 2 is 2.00 bits per heavy atom. The van der Waals surface area contributed by atoms with Crippen molar-refractivity contribution in [1.29, 1.82) is 0 Å². The molecule has 0 N–H and O–H groups in total. The maximum atomic E-state index is 5.98. The molecule has 100 valence electrons. The average Bonchev–Trinajstić information content (AvgIpc) is 2.73. The lowest BCUT2D eigenvalue weighted by Gasteiger charge is -2.20. The molecular formula is C14H19IO3. The largest absolute Gasteiger partial charge is 0.368 e. The fraction of sp³-hybridized carbons (Fsp3) is 0.571. The smallest absolute Gasteiger partial charge is 0.184 e. The van der Waals surface area contributed by atoms with Gasteiger partial charge in [-0.2, -0.15) is 0 Å².